The van der Waals surface area contributed by atoms with Crippen LogP contribution in [0.1, 0.15) is 12.0 Å². The summed E-state index contributed by atoms with van der Waals surface area (Å²) in [5.41, 5.74) is 0.335. The van der Waals surface area contributed by atoms with Crippen molar-refractivity contribution in [3.05, 3.63) is 29.6 Å². The highest BCUT2D eigenvalue weighted by molar-refractivity contribution is 6.05. The highest BCUT2D eigenvalue weighted by atomic mass is 19.1. The van der Waals surface area contributed by atoms with Crippen molar-refractivity contribution in [1.82, 2.24) is 5.32 Å². The molecule has 6 nitrogen and oxygen atoms in total. The zero-order valence-corrected chi connectivity index (χ0v) is 9.85. The zero-order chi connectivity index (χ0) is 14.0. The van der Waals surface area contributed by atoms with Crippen molar-refractivity contribution in [2.75, 3.05) is 11.4 Å². The molecule has 0 radical (unpaired) electrons. The minimum atomic E-state index is -1.06. The number of nitrogens with zero attached hydrogens (tertiary/aromatic N) is 1. The summed E-state index contributed by atoms with van der Waals surface area (Å²) >= 11 is 0. The molecule has 1 aromatic rings. The SMILES string of the molecule is O=C(O)Cc1ccc(N2CCC(=O)NC2=O)c(F)c1. The van der Waals surface area contributed by atoms with Crippen LogP contribution in [-0.2, 0) is 16.0 Å². The van der Waals surface area contributed by atoms with Gasteiger partial charge < -0.3 is 5.11 Å². The molecule has 1 heterocycles. The van der Waals surface area contributed by atoms with Gasteiger partial charge in [0.1, 0.15) is 5.82 Å². The zero-order valence-electron chi connectivity index (χ0n) is 9.85. The van der Waals surface area contributed by atoms with Crippen LogP contribution in [0.15, 0.2) is 18.2 Å². The van der Waals surface area contributed by atoms with Crippen LogP contribution in [0.3, 0.4) is 0 Å². The Balaban J connectivity index is 2.23. The van der Waals surface area contributed by atoms with Gasteiger partial charge in [-0.3, -0.25) is 19.8 Å². The summed E-state index contributed by atoms with van der Waals surface area (Å²) in [6.07, 6.45) is -0.191. The van der Waals surface area contributed by atoms with E-state index in [9.17, 15) is 18.8 Å². The quantitative estimate of drug-likeness (QED) is 0.851. The number of carbonyl (C=O) groups excluding carboxylic acids is 2. The molecule has 0 atom stereocenters. The van der Waals surface area contributed by atoms with E-state index in [1.807, 2.05) is 0 Å². The number of amides is 3. The van der Waals surface area contributed by atoms with Crippen LogP contribution in [0, 0.1) is 5.82 Å². The predicted octanol–water partition coefficient (Wildman–Crippen LogP) is 0.899. The Morgan fingerprint density at radius 2 is 2.16 bits per heavy atom. The van der Waals surface area contributed by atoms with Crippen LogP contribution in [0.25, 0.3) is 0 Å². The van der Waals surface area contributed by atoms with Crippen molar-refractivity contribution in [2.45, 2.75) is 12.8 Å². The highest BCUT2D eigenvalue weighted by Crippen LogP contribution is 2.22. The molecule has 19 heavy (non-hydrogen) atoms. The fourth-order valence-electron chi connectivity index (χ4n) is 1.85. The first-order valence-corrected chi connectivity index (χ1v) is 5.59. The van der Waals surface area contributed by atoms with E-state index in [4.69, 9.17) is 5.11 Å². The Morgan fingerprint density at radius 1 is 1.42 bits per heavy atom. The van der Waals surface area contributed by atoms with Gasteiger partial charge in [-0.05, 0) is 17.7 Å². The van der Waals surface area contributed by atoms with Gasteiger partial charge in [0.25, 0.3) is 0 Å². The van der Waals surface area contributed by atoms with Crippen LogP contribution in [0.2, 0.25) is 0 Å². The lowest BCUT2D eigenvalue weighted by atomic mass is 10.1. The van der Waals surface area contributed by atoms with E-state index in [1.165, 1.54) is 12.1 Å². The van der Waals surface area contributed by atoms with Crippen LogP contribution >= 0.6 is 0 Å². The largest absolute Gasteiger partial charge is 0.481 e. The number of carbonyl (C=O) groups is 3. The number of urea groups is 1. The summed E-state index contributed by atoms with van der Waals surface area (Å²) in [7, 11) is 0. The first-order chi connectivity index (χ1) is 8.97. The maximum absolute atomic E-state index is 13.9. The van der Waals surface area contributed by atoms with Gasteiger partial charge in [0, 0.05) is 13.0 Å². The number of carboxylic acid groups (broad SMARTS) is 1. The summed E-state index contributed by atoms with van der Waals surface area (Å²) in [4.78, 5) is 34.2. The number of halogens is 1. The smallest absolute Gasteiger partial charge is 0.328 e. The normalized spacial score (nSPS) is 15.3. The third-order valence-corrected chi connectivity index (χ3v) is 2.71. The Morgan fingerprint density at radius 3 is 2.74 bits per heavy atom. The van der Waals surface area contributed by atoms with Crippen molar-refractivity contribution >= 4 is 23.6 Å². The van der Waals surface area contributed by atoms with Gasteiger partial charge in [0.2, 0.25) is 5.91 Å². The Kier molecular flexibility index (Phi) is 3.46. The van der Waals surface area contributed by atoms with Crippen LogP contribution in [0.4, 0.5) is 14.9 Å². The predicted molar refractivity (Wildman–Crippen MR) is 63.2 cm³/mol. The summed E-state index contributed by atoms with van der Waals surface area (Å²) in [5.74, 6) is -2.15. The summed E-state index contributed by atoms with van der Waals surface area (Å²) in [6.45, 7) is 0.0971. The molecule has 0 bridgehead atoms. The Bertz CT molecular complexity index is 559. The van der Waals surface area contributed by atoms with Gasteiger partial charge in [-0.2, -0.15) is 0 Å². The number of anilines is 1. The summed E-state index contributed by atoms with van der Waals surface area (Å²) in [5, 5.41) is 10.7. The lowest BCUT2D eigenvalue weighted by molar-refractivity contribution is -0.136. The van der Waals surface area contributed by atoms with Gasteiger partial charge in [-0.25, -0.2) is 9.18 Å². The topological polar surface area (TPSA) is 86.7 Å². The third kappa shape index (κ3) is 2.87. The molecule has 0 spiro atoms. The Hall–Kier alpha value is -2.44. The molecule has 0 aliphatic carbocycles. The van der Waals surface area contributed by atoms with E-state index in [0.717, 1.165) is 11.0 Å². The molecule has 0 saturated carbocycles. The molecule has 1 aromatic carbocycles. The van der Waals surface area contributed by atoms with E-state index in [2.05, 4.69) is 5.32 Å². The number of benzene rings is 1. The maximum atomic E-state index is 13.9. The van der Waals surface area contributed by atoms with E-state index in [1.54, 1.807) is 0 Å². The van der Waals surface area contributed by atoms with Crippen LogP contribution in [-0.4, -0.2) is 29.6 Å². The molecule has 1 saturated heterocycles. The van der Waals surface area contributed by atoms with Gasteiger partial charge in [0.15, 0.2) is 0 Å². The van der Waals surface area contributed by atoms with Crippen molar-refractivity contribution in [3.63, 3.8) is 0 Å². The Labute approximate surface area is 107 Å². The summed E-state index contributed by atoms with van der Waals surface area (Å²) < 4.78 is 13.9. The first kappa shape index (κ1) is 13.0. The number of carboxylic acids is 1. The number of aliphatic carboxylic acids is 1. The average Bonchev–Trinajstić information content (AvgIpc) is 2.30. The van der Waals surface area contributed by atoms with Gasteiger partial charge in [-0.1, -0.05) is 6.07 Å². The number of hydrogen-bond donors (Lipinski definition) is 2. The molecular weight excluding hydrogens is 255 g/mol. The lowest BCUT2D eigenvalue weighted by Gasteiger charge is -2.26. The molecule has 2 N–H and O–H groups in total. The monoisotopic (exact) mass is 266 g/mol. The standard InChI is InChI=1S/C12H11FN2O4/c13-8-5-7(6-11(17)18)1-2-9(8)15-4-3-10(16)14-12(15)19/h1-2,5H,3-4,6H2,(H,17,18)(H,14,16,19). The van der Waals surface area contributed by atoms with Crippen LogP contribution in [0.5, 0.6) is 0 Å². The molecule has 100 valence electrons. The second-order valence-electron chi connectivity index (χ2n) is 4.11. The summed E-state index contributed by atoms with van der Waals surface area (Å²) in [6, 6.07) is 3.17. The molecule has 1 fully saturated rings. The van der Waals surface area contributed by atoms with Crippen molar-refractivity contribution in [3.8, 4) is 0 Å². The molecule has 0 unspecified atom stereocenters. The molecule has 0 aromatic heterocycles. The second kappa shape index (κ2) is 5.05. The highest BCUT2D eigenvalue weighted by Gasteiger charge is 2.26. The number of nitrogens with one attached hydrogen (secondary N) is 1. The minimum Gasteiger partial charge on any atom is -0.481 e. The lowest BCUT2D eigenvalue weighted by Crippen LogP contribution is -2.49. The van der Waals surface area contributed by atoms with Gasteiger partial charge in [-0.15, -0.1) is 0 Å². The second-order valence-corrected chi connectivity index (χ2v) is 4.11. The fourth-order valence-corrected chi connectivity index (χ4v) is 1.85. The van der Waals surface area contributed by atoms with E-state index < -0.39 is 23.7 Å². The van der Waals surface area contributed by atoms with Crippen molar-refractivity contribution < 1.29 is 23.9 Å². The maximum Gasteiger partial charge on any atom is 0.328 e. The number of rotatable bonds is 3. The van der Waals surface area contributed by atoms with E-state index in [0.29, 0.717) is 5.56 Å². The third-order valence-electron chi connectivity index (χ3n) is 2.71. The number of imide groups is 1. The molecule has 1 aliphatic heterocycles. The molecule has 7 heteroatoms. The minimum absolute atomic E-state index is 0.0270. The molecule has 2 rings (SSSR count). The fraction of sp³-hybridized carbons (Fsp3) is 0.250. The molecule has 3 amide bonds. The van der Waals surface area contributed by atoms with Gasteiger partial charge in [0.05, 0.1) is 12.1 Å². The van der Waals surface area contributed by atoms with Crippen LogP contribution < -0.4 is 10.2 Å². The van der Waals surface area contributed by atoms with Crippen molar-refractivity contribution in [1.29, 1.82) is 0 Å². The molecule has 1 aliphatic rings. The number of hydrogen-bond acceptors (Lipinski definition) is 3. The van der Waals surface area contributed by atoms with E-state index >= 15 is 0 Å². The average molecular weight is 266 g/mol. The van der Waals surface area contributed by atoms with E-state index in [-0.39, 0.29) is 25.1 Å². The van der Waals surface area contributed by atoms with Gasteiger partial charge >= 0.3 is 12.0 Å². The first-order valence-electron chi connectivity index (χ1n) is 5.59. The molecular formula is C12H11FN2O4. The van der Waals surface area contributed by atoms with Crippen molar-refractivity contribution in [2.24, 2.45) is 0 Å².